The molecule has 0 spiro atoms. The van der Waals surface area contributed by atoms with Crippen molar-refractivity contribution in [2.45, 2.75) is 51.7 Å². The molecule has 0 saturated carbocycles. The molecular weight excluding hydrogens is 434 g/mol. The molecule has 33 heavy (non-hydrogen) atoms. The summed E-state index contributed by atoms with van der Waals surface area (Å²) < 4.78 is 29.0. The molecule has 0 aliphatic rings. The number of aliphatic hydroxyl groups is 1. The lowest BCUT2D eigenvalue weighted by atomic mass is 9.93. The maximum Gasteiger partial charge on any atom is 0.351 e. The zero-order valence-electron chi connectivity index (χ0n) is 18.8. The van der Waals surface area contributed by atoms with E-state index in [2.05, 4.69) is 15.6 Å². The van der Waals surface area contributed by atoms with Gasteiger partial charge >= 0.3 is 5.92 Å². The highest BCUT2D eigenvalue weighted by Gasteiger charge is 2.50. The second kappa shape index (κ2) is 11.0. The minimum Gasteiger partial charge on any atom is -0.394 e. The predicted octanol–water partition coefficient (Wildman–Crippen LogP) is 1.83. The number of anilines is 1. The summed E-state index contributed by atoms with van der Waals surface area (Å²) >= 11 is 0. The normalized spacial score (nSPS) is 13.4. The highest BCUT2D eigenvalue weighted by Crippen LogP contribution is 2.25. The van der Waals surface area contributed by atoms with Gasteiger partial charge in [0.2, 0.25) is 5.91 Å². The second-order valence-corrected chi connectivity index (χ2v) is 8.15. The number of alkyl halides is 2. The van der Waals surface area contributed by atoms with Gasteiger partial charge in [0.05, 0.1) is 12.5 Å². The molecule has 2 atom stereocenters. The quantitative estimate of drug-likeness (QED) is 0.365. The van der Waals surface area contributed by atoms with E-state index in [-0.39, 0.29) is 24.2 Å². The van der Waals surface area contributed by atoms with Crippen molar-refractivity contribution in [2.75, 3.05) is 12.3 Å². The number of nitrogens with two attached hydrogens (primary N) is 1. The van der Waals surface area contributed by atoms with Crippen LogP contribution in [0.3, 0.4) is 0 Å². The number of amides is 2. The van der Waals surface area contributed by atoms with Gasteiger partial charge in [-0.1, -0.05) is 51.1 Å². The Morgan fingerprint density at radius 2 is 1.85 bits per heavy atom. The fraction of sp³-hybridized carbons (Fsp3) is 0.435. The van der Waals surface area contributed by atoms with Crippen LogP contribution in [0.1, 0.15) is 32.8 Å². The van der Waals surface area contributed by atoms with E-state index in [9.17, 15) is 28.3 Å². The standard InChI is InChI=1S/C23H30F2N4O4/c1-4-10-27-22(33)23(24,25)20(31)19(13(2)3)29-17(30)12-15-11-16(28-21(32)18(15)26)14-8-6-5-7-9-14/h5-9,11,13,19-20,31H,4,10,12,26H2,1-3H3,(H,27,33)(H,28,32)(H,29,30). The number of nitrogens with one attached hydrogen (secondary N) is 3. The van der Waals surface area contributed by atoms with Crippen molar-refractivity contribution in [1.29, 1.82) is 0 Å². The van der Waals surface area contributed by atoms with E-state index in [0.29, 0.717) is 17.7 Å². The Morgan fingerprint density at radius 3 is 2.42 bits per heavy atom. The van der Waals surface area contributed by atoms with Gasteiger partial charge in [0.15, 0.2) is 0 Å². The van der Waals surface area contributed by atoms with Crippen LogP contribution < -0.4 is 21.9 Å². The van der Waals surface area contributed by atoms with E-state index in [0.717, 1.165) is 0 Å². The first-order valence-corrected chi connectivity index (χ1v) is 10.7. The highest BCUT2D eigenvalue weighted by molar-refractivity contribution is 5.85. The van der Waals surface area contributed by atoms with Gasteiger partial charge in [-0.25, -0.2) is 0 Å². The van der Waals surface area contributed by atoms with Gasteiger partial charge in [-0.2, -0.15) is 8.78 Å². The fourth-order valence-corrected chi connectivity index (χ4v) is 3.28. The topological polar surface area (TPSA) is 137 Å². The number of aromatic amines is 1. The van der Waals surface area contributed by atoms with E-state index < -0.39 is 41.4 Å². The zero-order chi connectivity index (χ0) is 24.8. The van der Waals surface area contributed by atoms with Gasteiger partial charge in [-0.05, 0) is 29.5 Å². The average molecular weight is 465 g/mol. The third-order valence-electron chi connectivity index (χ3n) is 5.19. The molecule has 0 aliphatic carbocycles. The number of carbonyl (C=O) groups excluding carboxylic acids is 2. The molecule has 10 heteroatoms. The Labute approximate surface area is 190 Å². The van der Waals surface area contributed by atoms with Crippen LogP contribution in [0, 0.1) is 5.92 Å². The van der Waals surface area contributed by atoms with Gasteiger partial charge in [0.1, 0.15) is 11.8 Å². The van der Waals surface area contributed by atoms with Gasteiger partial charge in [-0.15, -0.1) is 0 Å². The first-order chi connectivity index (χ1) is 15.5. The molecule has 0 bridgehead atoms. The minimum absolute atomic E-state index is 0.0332. The summed E-state index contributed by atoms with van der Waals surface area (Å²) in [6, 6.07) is 9.02. The van der Waals surface area contributed by atoms with Crippen molar-refractivity contribution in [3.05, 3.63) is 52.3 Å². The van der Waals surface area contributed by atoms with Crippen LogP contribution in [-0.4, -0.2) is 46.5 Å². The van der Waals surface area contributed by atoms with Gasteiger partial charge in [-0.3, -0.25) is 14.4 Å². The van der Waals surface area contributed by atoms with E-state index in [4.69, 9.17) is 5.73 Å². The van der Waals surface area contributed by atoms with Crippen molar-refractivity contribution >= 4 is 17.5 Å². The summed E-state index contributed by atoms with van der Waals surface area (Å²) in [4.78, 5) is 39.4. The number of carbonyl (C=O) groups is 2. The maximum absolute atomic E-state index is 14.5. The first kappa shape index (κ1) is 26.0. The number of hydrogen-bond donors (Lipinski definition) is 5. The smallest absolute Gasteiger partial charge is 0.351 e. The van der Waals surface area contributed by atoms with Gasteiger partial charge < -0.3 is 26.5 Å². The molecule has 6 N–H and O–H groups in total. The number of halogens is 2. The molecule has 2 unspecified atom stereocenters. The molecule has 1 aromatic heterocycles. The fourth-order valence-electron chi connectivity index (χ4n) is 3.28. The molecule has 2 amide bonds. The maximum atomic E-state index is 14.5. The van der Waals surface area contributed by atoms with E-state index >= 15 is 0 Å². The molecule has 2 aromatic rings. The van der Waals surface area contributed by atoms with Crippen LogP contribution in [0.2, 0.25) is 0 Å². The van der Waals surface area contributed by atoms with Crippen molar-refractivity contribution in [1.82, 2.24) is 15.6 Å². The predicted molar refractivity (Wildman–Crippen MR) is 122 cm³/mol. The second-order valence-electron chi connectivity index (χ2n) is 8.15. The number of nitrogen functional groups attached to an aromatic ring is 1. The van der Waals surface area contributed by atoms with Crippen LogP contribution in [0.4, 0.5) is 14.5 Å². The van der Waals surface area contributed by atoms with Crippen molar-refractivity contribution in [3.8, 4) is 11.3 Å². The monoisotopic (exact) mass is 464 g/mol. The van der Waals surface area contributed by atoms with Gasteiger partial charge in [0.25, 0.3) is 11.5 Å². The Bertz CT molecular complexity index is 1020. The Hall–Kier alpha value is -3.27. The third-order valence-corrected chi connectivity index (χ3v) is 5.19. The summed E-state index contributed by atoms with van der Waals surface area (Å²) in [6.07, 6.45) is -2.38. The Kier molecular flexibility index (Phi) is 8.69. The van der Waals surface area contributed by atoms with E-state index in [1.807, 2.05) is 6.07 Å². The largest absolute Gasteiger partial charge is 0.394 e. The lowest BCUT2D eigenvalue weighted by Gasteiger charge is -2.32. The molecule has 0 radical (unpaired) electrons. The summed E-state index contributed by atoms with van der Waals surface area (Å²) in [5.41, 5.74) is 6.43. The van der Waals surface area contributed by atoms with E-state index in [1.54, 1.807) is 37.3 Å². The van der Waals surface area contributed by atoms with Gasteiger partial charge in [0, 0.05) is 12.2 Å². The summed E-state index contributed by atoms with van der Waals surface area (Å²) in [6.45, 7) is 4.80. The van der Waals surface area contributed by atoms with Crippen molar-refractivity contribution in [3.63, 3.8) is 0 Å². The lowest BCUT2D eigenvalue weighted by Crippen LogP contribution is -2.59. The first-order valence-electron chi connectivity index (χ1n) is 10.7. The molecule has 0 saturated heterocycles. The number of rotatable bonds is 10. The number of benzene rings is 1. The molecule has 0 fully saturated rings. The molecule has 2 rings (SSSR count). The molecular formula is C23H30F2N4O4. The van der Waals surface area contributed by atoms with Crippen LogP contribution in [0.15, 0.2) is 41.2 Å². The highest BCUT2D eigenvalue weighted by atomic mass is 19.3. The number of hydrogen-bond acceptors (Lipinski definition) is 5. The lowest BCUT2D eigenvalue weighted by molar-refractivity contribution is -0.169. The number of pyridine rings is 1. The number of aromatic nitrogens is 1. The van der Waals surface area contributed by atoms with Crippen molar-refractivity contribution < 1.29 is 23.5 Å². The van der Waals surface area contributed by atoms with Crippen LogP contribution >= 0.6 is 0 Å². The molecule has 1 aromatic carbocycles. The minimum atomic E-state index is -4.11. The number of aliphatic hydroxyl groups excluding tert-OH is 1. The Morgan fingerprint density at radius 1 is 1.21 bits per heavy atom. The van der Waals surface area contributed by atoms with Crippen LogP contribution in [0.5, 0.6) is 0 Å². The summed E-state index contributed by atoms with van der Waals surface area (Å²) in [5, 5.41) is 14.7. The zero-order valence-corrected chi connectivity index (χ0v) is 18.8. The summed E-state index contributed by atoms with van der Waals surface area (Å²) in [7, 11) is 0. The van der Waals surface area contributed by atoms with Crippen LogP contribution in [0.25, 0.3) is 11.3 Å². The SMILES string of the molecule is CCCNC(=O)C(F)(F)C(O)C(NC(=O)Cc1cc(-c2ccccc2)[nH]c(=O)c1N)C(C)C. The van der Waals surface area contributed by atoms with Crippen molar-refractivity contribution in [2.24, 2.45) is 5.92 Å². The average Bonchev–Trinajstić information content (AvgIpc) is 2.78. The Balaban J connectivity index is 2.23. The summed E-state index contributed by atoms with van der Waals surface area (Å²) in [5.74, 6) is -7.07. The number of H-pyrrole nitrogens is 1. The van der Waals surface area contributed by atoms with E-state index in [1.165, 1.54) is 13.8 Å². The molecule has 180 valence electrons. The molecule has 8 nitrogen and oxygen atoms in total. The van der Waals surface area contributed by atoms with Crippen LogP contribution in [-0.2, 0) is 16.0 Å². The molecule has 0 aliphatic heterocycles. The third kappa shape index (κ3) is 6.38. The molecule has 1 heterocycles.